The Kier molecular flexibility index (Phi) is 5.94. The first-order valence-electron chi connectivity index (χ1n) is 10.5. The van der Waals surface area contributed by atoms with E-state index >= 15 is 0 Å². The molecule has 30 heavy (non-hydrogen) atoms. The Morgan fingerprint density at radius 1 is 0.733 bits per heavy atom. The second-order valence-corrected chi connectivity index (χ2v) is 8.07. The van der Waals surface area contributed by atoms with Gasteiger partial charge in [-0.05, 0) is 46.0 Å². The van der Waals surface area contributed by atoms with Crippen LogP contribution in [0.2, 0.25) is 0 Å². The van der Waals surface area contributed by atoms with E-state index in [9.17, 15) is 4.79 Å². The van der Waals surface area contributed by atoms with Crippen LogP contribution < -0.4 is 5.32 Å². The molecule has 0 radical (unpaired) electrons. The average molecular weight is 394 g/mol. The molecule has 1 N–H and O–H groups in total. The number of benzene rings is 4. The molecule has 0 aromatic heterocycles. The largest absolute Gasteiger partial charge is 0.378 e. The fraction of sp³-hybridized carbons (Fsp3) is 0.179. The van der Waals surface area contributed by atoms with Gasteiger partial charge in [0.15, 0.2) is 5.78 Å². The molecule has 0 aliphatic heterocycles. The van der Waals surface area contributed by atoms with E-state index in [0.717, 1.165) is 27.6 Å². The molecule has 1 atom stereocenters. The van der Waals surface area contributed by atoms with Crippen LogP contribution in [0.15, 0.2) is 97.1 Å². The molecule has 4 aromatic carbocycles. The standard InChI is InChI=1S/C28H27NO/c1-20(2)21-12-15-23(16-13-21)27(29-26-10-4-3-5-11-26)19-28(30)25-17-14-22-8-6-7-9-24(22)18-25/h3-18,20,27,29H,19H2,1-2H3. The van der Waals surface area contributed by atoms with Crippen molar-refractivity contribution in [1.29, 1.82) is 0 Å². The lowest BCUT2D eigenvalue weighted by Crippen LogP contribution is -2.16. The molecule has 0 heterocycles. The third-order valence-corrected chi connectivity index (χ3v) is 5.58. The number of nitrogens with one attached hydrogen (secondary N) is 1. The van der Waals surface area contributed by atoms with Crippen LogP contribution in [0.5, 0.6) is 0 Å². The van der Waals surface area contributed by atoms with Crippen LogP contribution in [-0.2, 0) is 0 Å². The number of ketones is 1. The summed E-state index contributed by atoms with van der Waals surface area (Å²) in [6.07, 6.45) is 0.397. The monoisotopic (exact) mass is 393 g/mol. The molecule has 1 unspecified atom stereocenters. The number of fused-ring (bicyclic) bond motifs is 1. The van der Waals surface area contributed by atoms with Gasteiger partial charge in [0.2, 0.25) is 0 Å². The number of rotatable bonds is 7. The third-order valence-electron chi connectivity index (χ3n) is 5.58. The molecular formula is C28H27NO. The molecule has 4 aromatic rings. The van der Waals surface area contributed by atoms with Crippen LogP contribution in [0.1, 0.15) is 53.7 Å². The Balaban J connectivity index is 1.61. The topological polar surface area (TPSA) is 29.1 Å². The highest BCUT2D eigenvalue weighted by Gasteiger charge is 2.18. The number of hydrogen-bond acceptors (Lipinski definition) is 2. The average Bonchev–Trinajstić information content (AvgIpc) is 2.79. The summed E-state index contributed by atoms with van der Waals surface area (Å²) in [6, 6.07) is 32.7. The Hall–Kier alpha value is -3.39. The number of carbonyl (C=O) groups is 1. The van der Waals surface area contributed by atoms with E-state index in [-0.39, 0.29) is 11.8 Å². The first-order chi connectivity index (χ1) is 14.6. The summed E-state index contributed by atoms with van der Waals surface area (Å²) < 4.78 is 0. The van der Waals surface area contributed by atoms with Crippen LogP contribution in [0, 0.1) is 0 Å². The number of Topliss-reactive ketones (excluding diaryl/α,β-unsaturated/α-hetero) is 1. The zero-order chi connectivity index (χ0) is 20.9. The van der Waals surface area contributed by atoms with Gasteiger partial charge in [0.05, 0.1) is 6.04 Å². The summed E-state index contributed by atoms with van der Waals surface area (Å²) in [6.45, 7) is 4.38. The molecule has 2 heteroatoms. The van der Waals surface area contributed by atoms with Crippen LogP contribution in [0.25, 0.3) is 10.8 Å². The fourth-order valence-corrected chi connectivity index (χ4v) is 3.77. The van der Waals surface area contributed by atoms with Gasteiger partial charge >= 0.3 is 0 Å². The van der Waals surface area contributed by atoms with Crippen molar-refractivity contribution in [3.8, 4) is 0 Å². The van der Waals surface area contributed by atoms with E-state index in [2.05, 4.69) is 55.6 Å². The van der Waals surface area contributed by atoms with Gasteiger partial charge in [0.25, 0.3) is 0 Å². The first kappa shape index (κ1) is 19.9. The summed E-state index contributed by atoms with van der Waals surface area (Å²) >= 11 is 0. The molecule has 0 saturated heterocycles. The molecule has 0 saturated carbocycles. The highest BCUT2D eigenvalue weighted by atomic mass is 16.1. The van der Waals surface area contributed by atoms with Gasteiger partial charge in [-0.15, -0.1) is 0 Å². The Labute approximate surface area is 178 Å². The van der Waals surface area contributed by atoms with Crippen LogP contribution in [0.4, 0.5) is 5.69 Å². The summed E-state index contributed by atoms with van der Waals surface area (Å²) in [5.41, 5.74) is 4.20. The molecule has 0 bridgehead atoms. The van der Waals surface area contributed by atoms with Crippen molar-refractivity contribution in [2.45, 2.75) is 32.2 Å². The zero-order valence-electron chi connectivity index (χ0n) is 17.5. The van der Waals surface area contributed by atoms with Crippen LogP contribution in [0.3, 0.4) is 0 Å². The third kappa shape index (κ3) is 4.60. The normalized spacial score (nSPS) is 12.1. The highest BCUT2D eigenvalue weighted by Crippen LogP contribution is 2.27. The van der Waals surface area contributed by atoms with Crippen LogP contribution >= 0.6 is 0 Å². The van der Waals surface area contributed by atoms with Crippen LogP contribution in [-0.4, -0.2) is 5.78 Å². The number of anilines is 1. The van der Waals surface area contributed by atoms with Gasteiger partial charge in [-0.25, -0.2) is 0 Å². The van der Waals surface area contributed by atoms with Crippen molar-refractivity contribution in [3.63, 3.8) is 0 Å². The molecule has 0 amide bonds. The van der Waals surface area contributed by atoms with Gasteiger partial charge in [-0.3, -0.25) is 4.79 Å². The molecule has 150 valence electrons. The lowest BCUT2D eigenvalue weighted by molar-refractivity contribution is 0.0976. The second kappa shape index (κ2) is 8.96. The summed E-state index contributed by atoms with van der Waals surface area (Å²) in [5.74, 6) is 0.626. The van der Waals surface area contributed by atoms with Crippen molar-refractivity contribution in [2.75, 3.05) is 5.32 Å². The smallest absolute Gasteiger partial charge is 0.165 e. The van der Waals surface area contributed by atoms with Crippen molar-refractivity contribution < 1.29 is 4.79 Å². The van der Waals surface area contributed by atoms with Gasteiger partial charge < -0.3 is 5.32 Å². The lowest BCUT2D eigenvalue weighted by Gasteiger charge is -2.21. The van der Waals surface area contributed by atoms with Gasteiger partial charge in [0, 0.05) is 17.7 Å². The molecule has 2 nitrogen and oxygen atoms in total. The molecule has 0 aliphatic carbocycles. The number of hydrogen-bond donors (Lipinski definition) is 1. The maximum absolute atomic E-state index is 13.2. The minimum atomic E-state index is -0.0902. The highest BCUT2D eigenvalue weighted by molar-refractivity contribution is 6.00. The Bertz CT molecular complexity index is 1130. The maximum Gasteiger partial charge on any atom is 0.165 e. The van der Waals surface area contributed by atoms with E-state index in [1.165, 1.54) is 5.56 Å². The van der Waals surface area contributed by atoms with Crippen molar-refractivity contribution in [1.82, 2.24) is 0 Å². The SMILES string of the molecule is CC(C)c1ccc(C(CC(=O)c2ccc3ccccc3c2)Nc2ccccc2)cc1. The lowest BCUT2D eigenvalue weighted by atomic mass is 9.94. The number of para-hydroxylation sites is 1. The van der Waals surface area contributed by atoms with E-state index < -0.39 is 0 Å². The Morgan fingerprint density at radius 2 is 1.37 bits per heavy atom. The summed E-state index contributed by atoms with van der Waals surface area (Å²) in [4.78, 5) is 13.2. The predicted molar refractivity (Wildman–Crippen MR) is 126 cm³/mol. The maximum atomic E-state index is 13.2. The summed E-state index contributed by atoms with van der Waals surface area (Å²) in [7, 11) is 0. The van der Waals surface area contributed by atoms with Gasteiger partial charge in [0.1, 0.15) is 0 Å². The van der Waals surface area contributed by atoms with Crippen molar-refractivity contribution in [2.24, 2.45) is 0 Å². The van der Waals surface area contributed by atoms with E-state index in [4.69, 9.17) is 0 Å². The van der Waals surface area contributed by atoms with E-state index in [1.807, 2.05) is 60.7 Å². The minimum absolute atomic E-state index is 0.0902. The quantitative estimate of drug-likeness (QED) is 0.332. The second-order valence-electron chi connectivity index (χ2n) is 8.07. The minimum Gasteiger partial charge on any atom is -0.378 e. The first-order valence-corrected chi connectivity index (χ1v) is 10.5. The molecule has 0 aliphatic rings. The van der Waals surface area contributed by atoms with Crippen molar-refractivity contribution in [3.05, 3.63) is 114 Å². The van der Waals surface area contributed by atoms with E-state index in [0.29, 0.717) is 12.3 Å². The molecule has 0 fully saturated rings. The van der Waals surface area contributed by atoms with Gasteiger partial charge in [-0.1, -0.05) is 92.7 Å². The number of carbonyl (C=O) groups excluding carboxylic acids is 1. The molecular weight excluding hydrogens is 366 g/mol. The zero-order valence-corrected chi connectivity index (χ0v) is 17.5. The van der Waals surface area contributed by atoms with E-state index in [1.54, 1.807) is 0 Å². The Morgan fingerprint density at radius 3 is 2.07 bits per heavy atom. The molecule has 0 spiro atoms. The summed E-state index contributed by atoms with van der Waals surface area (Å²) in [5, 5.41) is 5.81. The van der Waals surface area contributed by atoms with Gasteiger partial charge in [-0.2, -0.15) is 0 Å². The molecule has 4 rings (SSSR count). The fourth-order valence-electron chi connectivity index (χ4n) is 3.77. The van der Waals surface area contributed by atoms with Crippen molar-refractivity contribution >= 4 is 22.2 Å². The predicted octanol–water partition coefficient (Wildman–Crippen LogP) is 7.39.